The first-order valence-corrected chi connectivity index (χ1v) is 5.81. The van der Waals surface area contributed by atoms with E-state index in [1.165, 1.54) is 0 Å². The second-order valence-electron chi connectivity index (χ2n) is 3.98. The van der Waals surface area contributed by atoms with Gasteiger partial charge >= 0.3 is 0 Å². The van der Waals surface area contributed by atoms with Gasteiger partial charge in [0, 0.05) is 20.2 Å². The molecule has 0 aliphatic rings. The second-order valence-corrected chi connectivity index (χ2v) is 3.98. The normalized spacial score (nSPS) is 14.3. The number of rotatable bonds is 8. The number of methoxy groups -OCH3 is 1. The second kappa shape index (κ2) is 8.06. The smallest absolute Gasteiger partial charge is 0.119 e. The van der Waals surface area contributed by atoms with Crippen LogP contribution in [0, 0.1) is 0 Å². The van der Waals surface area contributed by atoms with E-state index in [2.05, 4.69) is 5.32 Å². The predicted molar refractivity (Wildman–Crippen MR) is 67.3 cm³/mol. The van der Waals surface area contributed by atoms with Crippen LogP contribution in [0.2, 0.25) is 0 Å². The molecule has 2 N–H and O–H groups in total. The van der Waals surface area contributed by atoms with Crippen molar-refractivity contribution >= 4 is 0 Å². The number of benzene rings is 1. The van der Waals surface area contributed by atoms with Gasteiger partial charge < -0.3 is 19.9 Å². The van der Waals surface area contributed by atoms with Gasteiger partial charge in [-0.15, -0.1) is 0 Å². The number of hydrogen-bond acceptors (Lipinski definition) is 4. The van der Waals surface area contributed by atoms with Crippen molar-refractivity contribution in [2.75, 3.05) is 26.8 Å². The minimum atomic E-state index is -0.515. The summed E-state index contributed by atoms with van der Waals surface area (Å²) >= 11 is 0. The molecule has 96 valence electrons. The van der Waals surface area contributed by atoms with E-state index in [4.69, 9.17) is 9.47 Å². The Bertz CT molecular complexity index is 292. The third kappa shape index (κ3) is 6.26. The molecule has 0 saturated carbocycles. The highest BCUT2D eigenvalue weighted by atomic mass is 16.5. The minimum Gasteiger partial charge on any atom is -0.491 e. The monoisotopic (exact) mass is 239 g/mol. The fourth-order valence-corrected chi connectivity index (χ4v) is 1.30. The molecule has 17 heavy (non-hydrogen) atoms. The summed E-state index contributed by atoms with van der Waals surface area (Å²) in [5.74, 6) is 0.775. The van der Waals surface area contributed by atoms with Crippen molar-refractivity contribution in [2.45, 2.75) is 19.1 Å². The maximum atomic E-state index is 9.67. The van der Waals surface area contributed by atoms with Gasteiger partial charge in [0.25, 0.3) is 0 Å². The maximum Gasteiger partial charge on any atom is 0.119 e. The Kier molecular flexibility index (Phi) is 6.62. The van der Waals surface area contributed by atoms with Crippen molar-refractivity contribution in [3.8, 4) is 5.75 Å². The molecular formula is C13H21NO3. The number of para-hydroxylation sites is 1. The predicted octanol–water partition coefficient (Wildman–Crippen LogP) is 1.05. The molecule has 0 saturated heterocycles. The van der Waals surface area contributed by atoms with Crippen LogP contribution in [-0.2, 0) is 4.74 Å². The number of nitrogens with one attached hydrogen (secondary N) is 1. The highest BCUT2D eigenvalue weighted by Crippen LogP contribution is 2.08. The number of aliphatic hydroxyl groups is 1. The lowest BCUT2D eigenvalue weighted by Crippen LogP contribution is -2.35. The van der Waals surface area contributed by atoms with E-state index in [9.17, 15) is 5.11 Å². The summed E-state index contributed by atoms with van der Waals surface area (Å²) < 4.78 is 10.5. The summed E-state index contributed by atoms with van der Waals surface area (Å²) in [6, 6.07) is 9.47. The lowest BCUT2D eigenvalue weighted by Gasteiger charge is -2.15. The number of ether oxygens (including phenoxy) is 2. The zero-order valence-electron chi connectivity index (χ0n) is 10.4. The Balaban J connectivity index is 2.11. The lowest BCUT2D eigenvalue weighted by atomic mass is 10.3. The Morgan fingerprint density at radius 2 is 1.94 bits per heavy atom. The molecule has 0 bridgehead atoms. The molecule has 0 spiro atoms. The molecule has 0 heterocycles. The summed E-state index contributed by atoms with van der Waals surface area (Å²) in [7, 11) is 1.67. The van der Waals surface area contributed by atoms with Crippen LogP contribution in [0.15, 0.2) is 30.3 Å². The van der Waals surface area contributed by atoms with Gasteiger partial charge in [0.1, 0.15) is 18.5 Å². The molecule has 2 atom stereocenters. The zero-order chi connectivity index (χ0) is 12.5. The molecule has 0 aromatic heterocycles. The van der Waals surface area contributed by atoms with Crippen LogP contribution in [0.3, 0.4) is 0 Å². The van der Waals surface area contributed by atoms with Crippen LogP contribution in [0.1, 0.15) is 6.92 Å². The summed E-state index contributed by atoms with van der Waals surface area (Å²) in [4.78, 5) is 0. The topological polar surface area (TPSA) is 50.7 Å². The molecule has 2 unspecified atom stereocenters. The molecule has 1 aromatic carbocycles. The van der Waals surface area contributed by atoms with Crippen LogP contribution < -0.4 is 10.1 Å². The average Bonchev–Trinajstić information content (AvgIpc) is 2.37. The largest absolute Gasteiger partial charge is 0.491 e. The van der Waals surface area contributed by atoms with E-state index >= 15 is 0 Å². The fraction of sp³-hybridized carbons (Fsp3) is 0.538. The summed E-state index contributed by atoms with van der Waals surface area (Å²) in [5, 5.41) is 12.8. The van der Waals surface area contributed by atoms with E-state index < -0.39 is 6.10 Å². The summed E-state index contributed by atoms with van der Waals surface area (Å²) in [6.45, 7) is 3.48. The molecule has 0 aliphatic carbocycles. The van der Waals surface area contributed by atoms with Crippen molar-refractivity contribution in [3.63, 3.8) is 0 Å². The molecule has 0 radical (unpaired) electrons. The van der Waals surface area contributed by atoms with E-state index in [1.807, 2.05) is 37.3 Å². The van der Waals surface area contributed by atoms with E-state index in [0.717, 1.165) is 12.3 Å². The number of hydrogen-bond donors (Lipinski definition) is 2. The quantitative estimate of drug-likeness (QED) is 0.712. The van der Waals surface area contributed by atoms with Gasteiger partial charge in [0.15, 0.2) is 0 Å². The van der Waals surface area contributed by atoms with Crippen molar-refractivity contribution in [2.24, 2.45) is 0 Å². The Labute approximate surface area is 103 Å². The van der Waals surface area contributed by atoms with E-state index in [0.29, 0.717) is 13.2 Å². The maximum absolute atomic E-state index is 9.67. The molecule has 1 aromatic rings. The van der Waals surface area contributed by atoms with Gasteiger partial charge in [-0.2, -0.15) is 0 Å². The molecule has 0 aliphatic heterocycles. The highest BCUT2D eigenvalue weighted by Gasteiger charge is 2.06. The van der Waals surface area contributed by atoms with Crippen molar-refractivity contribution < 1.29 is 14.6 Å². The van der Waals surface area contributed by atoms with Crippen molar-refractivity contribution in [1.82, 2.24) is 5.32 Å². The molecule has 4 heteroatoms. The van der Waals surface area contributed by atoms with Crippen molar-refractivity contribution in [1.29, 1.82) is 0 Å². The van der Waals surface area contributed by atoms with Crippen LogP contribution in [0.4, 0.5) is 0 Å². The zero-order valence-corrected chi connectivity index (χ0v) is 10.4. The molecule has 4 nitrogen and oxygen atoms in total. The number of aliphatic hydroxyl groups excluding tert-OH is 1. The van der Waals surface area contributed by atoms with E-state index in [1.54, 1.807) is 7.11 Å². The van der Waals surface area contributed by atoms with Gasteiger partial charge in [-0.1, -0.05) is 18.2 Å². The standard InChI is InChI=1S/C13H21NO3/c1-11(16-2)8-14-9-12(15)10-17-13-6-4-3-5-7-13/h3-7,11-12,14-15H,8-10H2,1-2H3. The van der Waals surface area contributed by atoms with Gasteiger partial charge in [0.2, 0.25) is 0 Å². The lowest BCUT2D eigenvalue weighted by molar-refractivity contribution is 0.0904. The SMILES string of the molecule is COC(C)CNCC(O)COc1ccccc1. The van der Waals surface area contributed by atoms with Crippen LogP contribution in [0.25, 0.3) is 0 Å². The molecule has 1 rings (SSSR count). The minimum absolute atomic E-state index is 0.150. The summed E-state index contributed by atoms with van der Waals surface area (Å²) in [5.41, 5.74) is 0. The molecule has 0 amide bonds. The van der Waals surface area contributed by atoms with Gasteiger partial charge in [-0.3, -0.25) is 0 Å². The Morgan fingerprint density at radius 1 is 1.24 bits per heavy atom. The third-order valence-corrected chi connectivity index (χ3v) is 2.40. The average molecular weight is 239 g/mol. The Morgan fingerprint density at radius 3 is 2.59 bits per heavy atom. The van der Waals surface area contributed by atoms with Gasteiger partial charge in [-0.05, 0) is 19.1 Å². The first-order valence-electron chi connectivity index (χ1n) is 5.81. The third-order valence-electron chi connectivity index (χ3n) is 2.40. The molecular weight excluding hydrogens is 218 g/mol. The van der Waals surface area contributed by atoms with Crippen LogP contribution in [-0.4, -0.2) is 44.1 Å². The Hall–Kier alpha value is -1.10. The van der Waals surface area contributed by atoms with Crippen LogP contribution >= 0.6 is 0 Å². The van der Waals surface area contributed by atoms with Crippen molar-refractivity contribution in [3.05, 3.63) is 30.3 Å². The first kappa shape index (κ1) is 14.0. The van der Waals surface area contributed by atoms with Gasteiger partial charge in [-0.25, -0.2) is 0 Å². The van der Waals surface area contributed by atoms with Crippen LogP contribution in [0.5, 0.6) is 5.75 Å². The molecule has 0 fully saturated rings. The van der Waals surface area contributed by atoms with E-state index in [-0.39, 0.29) is 6.10 Å². The summed E-state index contributed by atoms with van der Waals surface area (Å²) in [6.07, 6.45) is -0.364. The van der Waals surface area contributed by atoms with Gasteiger partial charge in [0.05, 0.1) is 6.10 Å². The highest BCUT2D eigenvalue weighted by molar-refractivity contribution is 5.20. The fourth-order valence-electron chi connectivity index (χ4n) is 1.30. The first-order chi connectivity index (χ1) is 8.22.